The van der Waals surface area contributed by atoms with Gasteiger partial charge in [0, 0.05) is 22.5 Å². The summed E-state index contributed by atoms with van der Waals surface area (Å²) in [6.45, 7) is 0. The van der Waals surface area contributed by atoms with Gasteiger partial charge in [-0.25, -0.2) is 4.98 Å². The van der Waals surface area contributed by atoms with E-state index in [0.717, 1.165) is 61.3 Å². The molecule has 1 aliphatic rings. The van der Waals surface area contributed by atoms with Crippen molar-refractivity contribution in [3.05, 3.63) is 91.1 Å². The van der Waals surface area contributed by atoms with Crippen molar-refractivity contribution in [1.29, 1.82) is 0 Å². The molecule has 0 atom stereocenters. The second-order valence-electron chi connectivity index (χ2n) is 7.51. The van der Waals surface area contributed by atoms with Gasteiger partial charge in [0.2, 0.25) is 0 Å². The Kier molecular flexibility index (Phi) is 2.97. The summed E-state index contributed by atoms with van der Waals surface area (Å²) in [6.07, 6.45) is 1.85. The molecule has 4 aromatic carbocycles. The van der Waals surface area contributed by atoms with Gasteiger partial charge in [-0.3, -0.25) is 9.55 Å². The van der Waals surface area contributed by atoms with E-state index in [-0.39, 0.29) is 0 Å². The summed E-state index contributed by atoms with van der Waals surface area (Å²) in [5.74, 6) is 2.56. The highest BCUT2D eigenvalue weighted by Crippen LogP contribution is 2.44. The summed E-state index contributed by atoms with van der Waals surface area (Å²) in [5.41, 5.74) is 4.97. The maximum Gasteiger partial charge on any atom is 0.153 e. The maximum absolute atomic E-state index is 6.18. The van der Waals surface area contributed by atoms with Gasteiger partial charge in [-0.15, -0.1) is 0 Å². The lowest BCUT2D eigenvalue weighted by Crippen LogP contribution is -2.05. The number of nitrogens with zero attached hydrogens (tertiary/aromatic N) is 3. The molecule has 0 saturated heterocycles. The molecule has 0 unspecified atom stereocenters. The highest BCUT2D eigenvalue weighted by molar-refractivity contribution is 6.12. The molecule has 1 aliphatic heterocycles. The summed E-state index contributed by atoms with van der Waals surface area (Å²) < 4.78 is 8.41. The molecule has 0 fully saturated rings. The molecule has 4 heteroatoms. The zero-order chi connectivity index (χ0) is 19.7. The number of imidazole rings is 1. The van der Waals surface area contributed by atoms with E-state index in [1.807, 2.05) is 48.7 Å². The van der Waals surface area contributed by atoms with Gasteiger partial charge < -0.3 is 4.74 Å². The molecule has 0 saturated carbocycles. The van der Waals surface area contributed by atoms with Crippen LogP contribution in [0.1, 0.15) is 0 Å². The van der Waals surface area contributed by atoms with Crippen LogP contribution in [0.4, 0.5) is 0 Å². The van der Waals surface area contributed by atoms with E-state index in [1.54, 1.807) is 0 Å². The number of pyridine rings is 1. The average Bonchev–Trinajstić information content (AvgIpc) is 3.20. The van der Waals surface area contributed by atoms with Crippen molar-refractivity contribution >= 4 is 32.7 Å². The van der Waals surface area contributed by atoms with Gasteiger partial charge >= 0.3 is 0 Å². The van der Waals surface area contributed by atoms with Crippen LogP contribution in [-0.2, 0) is 0 Å². The Morgan fingerprint density at radius 1 is 0.733 bits per heavy atom. The van der Waals surface area contributed by atoms with Crippen LogP contribution >= 0.6 is 0 Å². The predicted molar refractivity (Wildman–Crippen MR) is 119 cm³/mol. The Hall–Kier alpha value is -4.18. The minimum absolute atomic E-state index is 0.827. The quantitative estimate of drug-likeness (QED) is 0.303. The molecule has 6 aromatic rings. The third-order valence-corrected chi connectivity index (χ3v) is 5.82. The van der Waals surface area contributed by atoms with Crippen molar-refractivity contribution in [2.45, 2.75) is 0 Å². The lowest BCUT2D eigenvalue weighted by atomic mass is 10.00. The summed E-state index contributed by atoms with van der Waals surface area (Å²) in [5, 5.41) is 3.39. The monoisotopic (exact) mass is 385 g/mol. The van der Waals surface area contributed by atoms with Crippen molar-refractivity contribution in [2.75, 3.05) is 0 Å². The molecule has 4 nitrogen and oxygen atoms in total. The summed E-state index contributed by atoms with van der Waals surface area (Å²) in [4.78, 5) is 9.78. The van der Waals surface area contributed by atoms with Crippen molar-refractivity contribution < 1.29 is 4.74 Å². The fourth-order valence-electron chi connectivity index (χ4n) is 4.53. The van der Waals surface area contributed by atoms with E-state index >= 15 is 0 Å². The fourth-order valence-corrected chi connectivity index (χ4v) is 4.53. The molecule has 0 spiro atoms. The van der Waals surface area contributed by atoms with E-state index in [9.17, 15) is 0 Å². The van der Waals surface area contributed by atoms with Gasteiger partial charge in [0.15, 0.2) is 11.5 Å². The van der Waals surface area contributed by atoms with Gasteiger partial charge in [-0.1, -0.05) is 48.5 Å². The fraction of sp³-hybridized carbons (Fsp3) is 0. The minimum Gasteiger partial charge on any atom is -0.453 e. The van der Waals surface area contributed by atoms with Crippen LogP contribution in [0.15, 0.2) is 91.1 Å². The highest BCUT2D eigenvalue weighted by Gasteiger charge is 2.25. The Balaban J connectivity index is 1.68. The largest absolute Gasteiger partial charge is 0.453 e. The molecular formula is C26H15N3O. The number of rotatable bonds is 1. The molecule has 0 amide bonds. The maximum atomic E-state index is 6.18. The van der Waals surface area contributed by atoms with Crippen LogP contribution in [0.2, 0.25) is 0 Å². The number of para-hydroxylation sites is 3. The second kappa shape index (κ2) is 5.67. The molecule has 0 bridgehead atoms. The van der Waals surface area contributed by atoms with E-state index < -0.39 is 0 Å². The number of fused-ring (bicyclic) bond motifs is 5. The van der Waals surface area contributed by atoms with Crippen LogP contribution in [0, 0.1) is 0 Å². The van der Waals surface area contributed by atoms with Gasteiger partial charge in [0.1, 0.15) is 11.3 Å². The van der Waals surface area contributed by atoms with Crippen molar-refractivity contribution in [3.63, 3.8) is 0 Å². The molecule has 140 valence electrons. The number of hydrogen-bond donors (Lipinski definition) is 0. The third-order valence-electron chi connectivity index (χ3n) is 5.82. The van der Waals surface area contributed by atoms with E-state index in [0.29, 0.717) is 0 Å². The molecule has 7 rings (SSSR count). The minimum atomic E-state index is 0.827. The number of benzene rings is 4. The van der Waals surface area contributed by atoms with Crippen molar-refractivity contribution in [3.8, 4) is 28.6 Å². The summed E-state index contributed by atoms with van der Waals surface area (Å²) >= 11 is 0. The van der Waals surface area contributed by atoms with Crippen LogP contribution in [0.25, 0.3) is 49.8 Å². The lowest BCUT2D eigenvalue weighted by molar-refractivity contribution is 0.476. The molecule has 3 heterocycles. The standard InChI is InChI=1S/C26H15N3O/c1-2-8-17-16(7-1)15-19(18-9-6-14-27-24(17)18)26-28-20-10-5-13-23-25(20)29(26)21-11-3-4-12-22(21)30-23/h1-15H. The summed E-state index contributed by atoms with van der Waals surface area (Å²) in [6, 6.07) is 28.9. The third kappa shape index (κ3) is 2.00. The second-order valence-corrected chi connectivity index (χ2v) is 7.51. The van der Waals surface area contributed by atoms with Crippen LogP contribution < -0.4 is 4.74 Å². The Morgan fingerprint density at radius 3 is 2.57 bits per heavy atom. The van der Waals surface area contributed by atoms with E-state index in [1.165, 1.54) is 0 Å². The Labute approximate surface area is 172 Å². The smallest absolute Gasteiger partial charge is 0.153 e. The van der Waals surface area contributed by atoms with Gasteiger partial charge in [0.25, 0.3) is 0 Å². The van der Waals surface area contributed by atoms with Gasteiger partial charge in [-0.2, -0.15) is 0 Å². The van der Waals surface area contributed by atoms with Crippen LogP contribution in [-0.4, -0.2) is 14.5 Å². The highest BCUT2D eigenvalue weighted by atomic mass is 16.5. The predicted octanol–water partition coefficient (Wildman–Crippen LogP) is 6.50. The van der Waals surface area contributed by atoms with Crippen molar-refractivity contribution in [2.24, 2.45) is 0 Å². The first-order valence-corrected chi connectivity index (χ1v) is 9.94. The number of aromatic nitrogens is 3. The SMILES string of the molecule is c1ccc2c(c1)Oc1cccc3nc(-c4cc5ccccc5c5ncccc45)n-2c13. The van der Waals surface area contributed by atoms with Gasteiger partial charge in [0.05, 0.1) is 16.7 Å². The average molecular weight is 385 g/mol. The lowest BCUT2D eigenvalue weighted by Gasteiger charge is -2.21. The van der Waals surface area contributed by atoms with Gasteiger partial charge in [-0.05, 0) is 41.8 Å². The zero-order valence-corrected chi connectivity index (χ0v) is 15.9. The van der Waals surface area contributed by atoms with E-state index in [4.69, 9.17) is 14.7 Å². The molecule has 0 N–H and O–H groups in total. The van der Waals surface area contributed by atoms with Crippen LogP contribution in [0.3, 0.4) is 0 Å². The molecule has 2 aromatic heterocycles. The topological polar surface area (TPSA) is 39.9 Å². The number of ether oxygens (including phenoxy) is 1. The number of hydrogen-bond acceptors (Lipinski definition) is 3. The molecule has 0 radical (unpaired) electrons. The zero-order valence-electron chi connectivity index (χ0n) is 15.9. The normalized spacial score (nSPS) is 12.3. The Bertz CT molecular complexity index is 1630. The molecule has 30 heavy (non-hydrogen) atoms. The van der Waals surface area contributed by atoms with E-state index in [2.05, 4.69) is 47.0 Å². The molecular weight excluding hydrogens is 370 g/mol. The first kappa shape index (κ1) is 15.7. The van der Waals surface area contributed by atoms with Crippen molar-refractivity contribution in [1.82, 2.24) is 14.5 Å². The Morgan fingerprint density at radius 2 is 1.57 bits per heavy atom. The first-order chi connectivity index (χ1) is 14.9. The molecule has 0 aliphatic carbocycles. The van der Waals surface area contributed by atoms with Crippen LogP contribution in [0.5, 0.6) is 11.5 Å². The summed E-state index contributed by atoms with van der Waals surface area (Å²) in [7, 11) is 0. The first-order valence-electron chi connectivity index (χ1n) is 9.94.